The molecule has 0 aliphatic rings. The number of hydrazine groups is 1. The first-order chi connectivity index (χ1) is 9.55. The normalized spacial score (nSPS) is 10.1. The predicted molar refractivity (Wildman–Crippen MR) is 71.4 cm³/mol. The van der Waals surface area contributed by atoms with E-state index < -0.39 is 4.92 Å². The number of carbonyl (C=O) groups is 1. The Kier molecular flexibility index (Phi) is 3.62. The molecule has 0 spiro atoms. The number of nitrogen functional groups attached to an aromatic ring is 1. The van der Waals surface area contributed by atoms with Crippen LogP contribution in [0.15, 0.2) is 30.5 Å². The van der Waals surface area contributed by atoms with Gasteiger partial charge in [-0.25, -0.2) is 4.68 Å². The van der Waals surface area contributed by atoms with Gasteiger partial charge in [0.05, 0.1) is 16.3 Å². The van der Waals surface area contributed by atoms with Crippen LogP contribution in [-0.4, -0.2) is 27.7 Å². The van der Waals surface area contributed by atoms with Crippen LogP contribution in [0.5, 0.6) is 0 Å². The summed E-state index contributed by atoms with van der Waals surface area (Å²) in [5.41, 5.74) is 3.21. The topological polar surface area (TPSA) is 128 Å². The number of nitrogens with two attached hydrogens (primary N) is 1. The second-order valence-corrected chi connectivity index (χ2v) is 3.86. The van der Waals surface area contributed by atoms with Gasteiger partial charge in [0.15, 0.2) is 5.69 Å². The number of nitro groups is 1. The van der Waals surface area contributed by atoms with Gasteiger partial charge >= 0.3 is 0 Å². The van der Waals surface area contributed by atoms with E-state index in [2.05, 4.69) is 15.8 Å². The van der Waals surface area contributed by atoms with Crippen molar-refractivity contribution in [3.63, 3.8) is 0 Å². The van der Waals surface area contributed by atoms with Crippen molar-refractivity contribution in [2.24, 2.45) is 5.84 Å². The number of hydrogen-bond acceptors (Lipinski definition) is 6. The molecule has 0 aliphatic carbocycles. The molecule has 0 saturated heterocycles. The van der Waals surface area contributed by atoms with E-state index in [1.165, 1.54) is 36.1 Å². The van der Waals surface area contributed by atoms with Crippen molar-refractivity contribution in [1.29, 1.82) is 0 Å². The number of amides is 1. The molecule has 9 heteroatoms. The molecule has 0 atom stereocenters. The van der Waals surface area contributed by atoms with Crippen molar-refractivity contribution in [1.82, 2.24) is 15.1 Å². The minimum atomic E-state index is -0.534. The summed E-state index contributed by atoms with van der Waals surface area (Å²) in [6, 6.07) is 5.72. The van der Waals surface area contributed by atoms with Crippen molar-refractivity contribution in [2.75, 3.05) is 12.5 Å². The van der Waals surface area contributed by atoms with Crippen molar-refractivity contribution in [3.05, 3.63) is 46.3 Å². The largest absolute Gasteiger partial charge is 0.354 e. The van der Waals surface area contributed by atoms with Crippen LogP contribution in [0, 0.1) is 10.1 Å². The number of nitrogens with zero attached hydrogens (tertiary/aromatic N) is 3. The molecule has 0 unspecified atom stereocenters. The molecule has 1 aromatic heterocycles. The van der Waals surface area contributed by atoms with Gasteiger partial charge in [-0.3, -0.25) is 20.8 Å². The SMILES string of the molecule is CNC(=O)c1ccn(-c2cc(NN)cc([N+](=O)[O-])c2)n1. The Morgan fingerprint density at radius 3 is 2.80 bits per heavy atom. The lowest BCUT2D eigenvalue weighted by molar-refractivity contribution is -0.384. The van der Waals surface area contributed by atoms with Crippen LogP contribution in [0.1, 0.15) is 10.5 Å². The lowest BCUT2D eigenvalue weighted by atomic mass is 10.2. The number of anilines is 1. The molecule has 0 saturated carbocycles. The first-order valence-electron chi connectivity index (χ1n) is 5.59. The Morgan fingerprint density at radius 2 is 2.20 bits per heavy atom. The summed E-state index contributed by atoms with van der Waals surface area (Å²) >= 11 is 0. The van der Waals surface area contributed by atoms with E-state index in [-0.39, 0.29) is 17.3 Å². The number of nitrogens with one attached hydrogen (secondary N) is 2. The summed E-state index contributed by atoms with van der Waals surface area (Å²) in [6.07, 6.45) is 1.53. The van der Waals surface area contributed by atoms with Gasteiger partial charge < -0.3 is 10.7 Å². The van der Waals surface area contributed by atoms with E-state index in [4.69, 9.17) is 5.84 Å². The third-order valence-corrected chi connectivity index (χ3v) is 2.59. The average molecular weight is 276 g/mol. The maximum atomic E-state index is 11.4. The van der Waals surface area contributed by atoms with Crippen LogP contribution in [-0.2, 0) is 0 Å². The summed E-state index contributed by atoms with van der Waals surface area (Å²) in [5, 5.41) is 17.3. The lowest BCUT2D eigenvalue weighted by Gasteiger charge is -2.05. The third kappa shape index (κ3) is 2.57. The molecule has 0 aliphatic heterocycles. The van der Waals surface area contributed by atoms with E-state index >= 15 is 0 Å². The van der Waals surface area contributed by atoms with Crippen LogP contribution < -0.4 is 16.6 Å². The van der Waals surface area contributed by atoms with Gasteiger partial charge in [-0.05, 0) is 12.1 Å². The van der Waals surface area contributed by atoms with Crippen LogP contribution in [0.4, 0.5) is 11.4 Å². The number of aromatic nitrogens is 2. The number of carbonyl (C=O) groups excluding carboxylic acids is 1. The van der Waals surface area contributed by atoms with Crippen LogP contribution in [0.2, 0.25) is 0 Å². The maximum Gasteiger partial charge on any atom is 0.273 e. The fourth-order valence-corrected chi connectivity index (χ4v) is 1.63. The molecule has 104 valence electrons. The highest BCUT2D eigenvalue weighted by atomic mass is 16.6. The van der Waals surface area contributed by atoms with E-state index in [1.54, 1.807) is 6.07 Å². The Hall–Kier alpha value is -2.94. The molecular formula is C11H12N6O3. The van der Waals surface area contributed by atoms with Gasteiger partial charge in [0.2, 0.25) is 0 Å². The van der Waals surface area contributed by atoms with Crippen LogP contribution >= 0.6 is 0 Å². The summed E-state index contributed by atoms with van der Waals surface area (Å²) in [7, 11) is 1.49. The summed E-state index contributed by atoms with van der Waals surface area (Å²) in [5.74, 6) is 4.93. The molecule has 0 radical (unpaired) electrons. The molecule has 2 aromatic rings. The number of benzene rings is 1. The average Bonchev–Trinajstić information content (AvgIpc) is 2.95. The molecule has 2 rings (SSSR count). The molecule has 1 aromatic carbocycles. The third-order valence-electron chi connectivity index (χ3n) is 2.59. The second kappa shape index (κ2) is 5.36. The summed E-state index contributed by atoms with van der Waals surface area (Å²) in [6.45, 7) is 0. The van der Waals surface area contributed by atoms with Crippen molar-refractivity contribution in [2.45, 2.75) is 0 Å². The lowest BCUT2D eigenvalue weighted by Crippen LogP contribution is -2.18. The standard InChI is InChI=1S/C11H12N6O3/c1-13-11(18)10-2-3-16(15-10)8-4-7(14-12)5-9(6-8)17(19)20/h2-6,14H,12H2,1H3,(H,13,18). The monoisotopic (exact) mass is 276 g/mol. The van der Waals surface area contributed by atoms with Gasteiger partial charge in [-0.2, -0.15) is 5.10 Å². The molecule has 4 N–H and O–H groups in total. The van der Waals surface area contributed by atoms with Gasteiger partial charge in [-0.1, -0.05) is 0 Å². The van der Waals surface area contributed by atoms with E-state index in [0.717, 1.165) is 0 Å². The minimum Gasteiger partial charge on any atom is -0.354 e. The van der Waals surface area contributed by atoms with Crippen LogP contribution in [0.25, 0.3) is 5.69 Å². The van der Waals surface area contributed by atoms with Gasteiger partial charge in [0, 0.05) is 25.4 Å². The zero-order chi connectivity index (χ0) is 14.7. The Bertz CT molecular complexity index is 666. The maximum absolute atomic E-state index is 11.4. The Labute approximate surface area is 113 Å². The second-order valence-electron chi connectivity index (χ2n) is 3.86. The van der Waals surface area contributed by atoms with Crippen molar-refractivity contribution in [3.8, 4) is 5.69 Å². The quantitative estimate of drug-likeness (QED) is 0.422. The van der Waals surface area contributed by atoms with Crippen molar-refractivity contribution >= 4 is 17.3 Å². The van der Waals surface area contributed by atoms with E-state index in [0.29, 0.717) is 11.4 Å². The molecule has 0 fully saturated rings. The highest BCUT2D eigenvalue weighted by Gasteiger charge is 2.13. The van der Waals surface area contributed by atoms with Crippen LogP contribution in [0.3, 0.4) is 0 Å². The summed E-state index contributed by atoms with van der Waals surface area (Å²) in [4.78, 5) is 21.8. The highest BCUT2D eigenvalue weighted by molar-refractivity contribution is 5.91. The number of hydrogen-bond donors (Lipinski definition) is 3. The minimum absolute atomic E-state index is 0.132. The van der Waals surface area contributed by atoms with Gasteiger partial charge in [0.1, 0.15) is 0 Å². The number of rotatable bonds is 4. The van der Waals surface area contributed by atoms with E-state index in [9.17, 15) is 14.9 Å². The zero-order valence-electron chi connectivity index (χ0n) is 10.5. The van der Waals surface area contributed by atoms with Gasteiger partial charge in [0.25, 0.3) is 11.6 Å². The zero-order valence-corrected chi connectivity index (χ0v) is 10.5. The highest BCUT2D eigenvalue weighted by Crippen LogP contribution is 2.22. The molecule has 1 amide bonds. The van der Waals surface area contributed by atoms with Crippen molar-refractivity contribution < 1.29 is 9.72 Å². The molecule has 9 nitrogen and oxygen atoms in total. The van der Waals surface area contributed by atoms with Gasteiger partial charge in [-0.15, -0.1) is 0 Å². The number of non-ortho nitro benzene ring substituents is 1. The van der Waals surface area contributed by atoms with E-state index in [1.807, 2.05) is 0 Å². The Balaban J connectivity index is 2.46. The summed E-state index contributed by atoms with van der Waals surface area (Å²) < 4.78 is 1.36. The Morgan fingerprint density at radius 1 is 1.45 bits per heavy atom. The number of nitro benzene ring substituents is 1. The molecule has 1 heterocycles. The fraction of sp³-hybridized carbons (Fsp3) is 0.0909. The molecule has 0 bridgehead atoms. The smallest absolute Gasteiger partial charge is 0.273 e. The fourth-order valence-electron chi connectivity index (χ4n) is 1.63. The molecular weight excluding hydrogens is 264 g/mol. The first kappa shape index (κ1) is 13.5. The molecule has 20 heavy (non-hydrogen) atoms. The predicted octanol–water partition coefficient (Wildman–Crippen LogP) is 0.426. The first-order valence-corrected chi connectivity index (χ1v) is 5.59.